The Labute approximate surface area is 122 Å². The van der Waals surface area contributed by atoms with E-state index in [-0.39, 0.29) is 0 Å². The van der Waals surface area contributed by atoms with E-state index in [1.807, 2.05) is 0 Å². The van der Waals surface area contributed by atoms with Gasteiger partial charge in [0.2, 0.25) is 0 Å². The van der Waals surface area contributed by atoms with Crippen molar-refractivity contribution < 1.29 is 0 Å². The minimum absolute atomic E-state index is 0.701. The molecule has 1 aromatic carbocycles. The number of nitrogens with zero attached hydrogens (tertiary/aromatic N) is 1. The fourth-order valence-corrected chi connectivity index (χ4v) is 3.85. The third-order valence-electron chi connectivity index (χ3n) is 4.80. The molecule has 20 heavy (non-hydrogen) atoms. The lowest BCUT2D eigenvalue weighted by molar-refractivity contribution is 0.199. The normalized spacial score (nSPS) is 20.4. The summed E-state index contributed by atoms with van der Waals surface area (Å²) in [5, 5.41) is 3.51. The first kappa shape index (κ1) is 13.7. The first-order valence-corrected chi connectivity index (χ1v) is 8.06. The molecule has 3 rings (SSSR count). The zero-order chi connectivity index (χ0) is 13.9. The summed E-state index contributed by atoms with van der Waals surface area (Å²) in [5.41, 5.74) is 6.23. The lowest BCUT2D eigenvalue weighted by Crippen LogP contribution is -2.40. The van der Waals surface area contributed by atoms with E-state index < -0.39 is 0 Å². The Morgan fingerprint density at radius 2 is 2.25 bits per heavy atom. The highest BCUT2D eigenvalue weighted by molar-refractivity contribution is 5.61. The maximum Gasteiger partial charge on any atom is 0.0376 e. The first-order chi connectivity index (χ1) is 9.83. The summed E-state index contributed by atoms with van der Waals surface area (Å²) in [6, 6.07) is 5.34. The average Bonchev–Trinajstić information content (AvgIpc) is 2.95. The summed E-state index contributed by atoms with van der Waals surface area (Å²) >= 11 is 0. The molecular formula is C18H26N2. The van der Waals surface area contributed by atoms with Crippen LogP contribution < -0.4 is 5.32 Å². The number of hydrogen-bond donors (Lipinski definition) is 1. The molecule has 0 amide bonds. The second-order valence-electron chi connectivity index (χ2n) is 6.09. The van der Waals surface area contributed by atoms with Gasteiger partial charge in [0.25, 0.3) is 0 Å². The summed E-state index contributed by atoms with van der Waals surface area (Å²) in [6.07, 6.45) is 8.26. The fourth-order valence-electron chi connectivity index (χ4n) is 3.85. The monoisotopic (exact) mass is 270 g/mol. The second kappa shape index (κ2) is 6.01. The van der Waals surface area contributed by atoms with Crippen LogP contribution in [-0.4, -0.2) is 30.6 Å². The summed E-state index contributed by atoms with van der Waals surface area (Å²) in [7, 11) is 0. The molecule has 0 spiro atoms. The van der Waals surface area contributed by atoms with Crippen molar-refractivity contribution in [3.63, 3.8) is 0 Å². The van der Waals surface area contributed by atoms with E-state index in [0.29, 0.717) is 6.04 Å². The summed E-state index contributed by atoms with van der Waals surface area (Å²) < 4.78 is 0. The van der Waals surface area contributed by atoms with E-state index in [2.05, 4.69) is 41.9 Å². The molecule has 0 fully saturated rings. The topological polar surface area (TPSA) is 15.3 Å². The SMILES string of the molecule is C=CCN(CCC)C1CCc2ccc3c(c2C1)CCN3. The van der Waals surface area contributed by atoms with Crippen molar-refractivity contribution in [1.82, 2.24) is 4.90 Å². The molecule has 1 aliphatic heterocycles. The zero-order valence-electron chi connectivity index (χ0n) is 12.6. The lowest BCUT2D eigenvalue weighted by Gasteiger charge is -2.35. The minimum Gasteiger partial charge on any atom is -0.384 e. The third kappa shape index (κ3) is 2.49. The predicted molar refractivity (Wildman–Crippen MR) is 86.5 cm³/mol. The highest BCUT2D eigenvalue weighted by atomic mass is 15.1. The van der Waals surface area contributed by atoms with Crippen molar-refractivity contribution in [3.05, 3.63) is 41.5 Å². The Hall–Kier alpha value is -1.28. The summed E-state index contributed by atoms with van der Waals surface area (Å²) in [6.45, 7) is 9.54. The van der Waals surface area contributed by atoms with Crippen molar-refractivity contribution in [3.8, 4) is 0 Å². The smallest absolute Gasteiger partial charge is 0.0376 e. The van der Waals surface area contributed by atoms with Crippen LogP contribution in [0.5, 0.6) is 0 Å². The molecule has 1 N–H and O–H groups in total. The van der Waals surface area contributed by atoms with Gasteiger partial charge in [0, 0.05) is 24.8 Å². The van der Waals surface area contributed by atoms with Gasteiger partial charge >= 0.3 is 0 Å². The molecule has 1 unspecified atom stereocenters. The van der Waals surface area contributed by atoms with Crippen LogP contribution in [0.3, 0.4) is 0 Å². The Kier molecular flexibility index (Phi) is 4.11. The molecular weight excluding hydrogens is 244 g/mol. The molecule has 0 saturated heterocycles. The van der Waals surface area contributed by atoms with Crippen molar-refractivity contribution >= 4 is 5.69 Å². The molecule has 108 valence electrons. The van der Waals surface area contributed by atoms with E-state index in [1.54, 1.807) is 16.7 Å². The van der Waals surface area contributed by atoms with Crippen LogP contribution in [0.15, 0.2) is 24.8 Å². The number of benzene rings is 1. The van der Waals surface area contributed by atoms with Gasteiger partial charge in [-0.25, -0.2) is 0 Å². The summed E-state index contributed by atoms with van der Waals surface area (Å²) in [4.78, 5) is 2.62. The molecule has 0 radical (unpaired) electrons. The van der Waals surface area contributed by atoms with Gasteiger partial charge in [-0.2, -0.15) is 0 Å². The van der Waals surface area contributed by atoms with Gasteiger partial charge in [0.05, 0.1) is 0 Å². The molecule has 2 nitrogen and oxygen atoms in total. The third-order valence-corrected chi connectivity index (χ3v) is 4.80. The minimum atomic E-state index is 0.701. The number of nitrogens with one attached hydrogen (secondary N) is 1. The van der Waals surface area contributed by atoms with E-state index in [9.17, 15) is 0 Å². The van der Waals surface area contributed by atoms with Gasteiger partial charge in [0.15, 0.2) is 0 Å². The number of anilines is 1. The van der Waals surface area contributed by atoms with Gasteiger partial charge in [-0.15, -0.1) is 6.58 Å². The molecule has 1 heterocycles. The van der Waals surface area contributed by atoms with Gasteiger partial charge in [-0.1, -0.05) is 19.1 Å². The zero-order valence-corrected chi connectivity index (χ0v) is 12.6. The molecule has 0 bridgehead atoms. The van der Waals surface area contributed by atoms with Gasteiger partial charge < -0.3 is 5.32 Å². The van der Waals surface area contributed by atoms with Crippen LogP contribution in [0, 0.1) is 0 Å². The first-order valence-electron chi connectivity index (χ1n) is 8.06. The van der Waals surface area contributed by atoms with E-state index in [4.69, 9.17) is 0 Å². The number of aryl methyl sites for hydroxylation is 1. The summed E-state index contributed by atoms with van der Waals surface area (Å²) in [5.74, 6) is 0. The van der Waals surface area contributed by atoms with Crippen LogP contribution in [0.1, 0.15) is 36.5 Å². The van der Waals surface area contributed by atoms with Crippen molar-refractivity contribution in [2.45, 2.75) is 45.1 Å². The Balaban J connectivity index is 1.83. The van der Waals surface area contributed by atoms with Crippen molar-refractivity contribution in [2.75, 3.05) is 25.0 Å². The van der Waals surface area contributed by atoms with E-state index >= 15 is 0 Å². The van der Waals surface area contributed by atoms with Crippen LogP contribution in [-0.2, 0) is 19.3 Å². The quantitative estimate of drug-likeness (QED) is 0.825. The number of rotatable bonds is 5. The molecule has 1 aromatic rings. The van der Waals surface area contributed by atoms with Crippen LogP contribution in [0.2, 0.25) is 0 Å². The highest BCUT2D eigenvalue weighted by Crippen LogP contribution is 2.34. The predicted octanol–water partition coefficient (Wildman–Crippen LogP) is 3.41. The number of hydrogen-bond acceptors (Lipinski definition) is 2. The number of fused-ring (bicyclic) bond motifs is 3. The molecule has 2 aliphatic rings. The van der Waals surface area contributed by atoms with Crippen molar-refractivity contribution in [2.24, 2.45) is 0 Å². The molecule has 1 aliphatic carbocycles. The molecule has 0 aromatic heterocycles. The van der Waals surface area contributed by atoms with Gasteiger partial charge in [-0.3, -0.25) is 4.90 Å². The Morgan fingerprint density at radius 3 is 3.05 bits per heavy atom. The molecule has 1 atom stereocenters. The highest BCUT2D eigenvalue weighted by Gasteiger charge is 2.27. The maximum absolute atomic E-state index is 3.93. The van der Waals surface area contributed by atoms with Crippen LogP contribution in [0.25, 0.3) is 0 Å². The fraction of sp³-hybridized carbons (Fsp3) is 0.556. The molecule has 0 saturated carbocycles. The Bertz CT molecular complexity index is 492. The average molecular weight is 270 g/mol. The Morgan fingerprint density at radius 1 is 1.35 bits per heavy atom. The van der Waals surface area contributed by atoms with Gasteiger partial charge in [-0.05, 0) is 61.4 Å². The lowest BCUT2D eigenvalue weighted by atomic mass is 9.84. The van der Waals surface area contributed by atoms with Crippen LogP contribution in [0.4, 0.5) is 5.69 Å². The van der Waals surface area contributed by atoms with Crippen LogP contribution >= 0.6 is 0 Å². The maximum atomic E-state index is 3.93. The van der Waals surface area contributed by atoms with Gasteiger partial charge in [0.1, 0.15) is 0 Å². The van der Waals surface area contributed by atoms with E-state index in [1.165, 1.54) is 44.3 Å². The van der Waals surface area contributed by atoms with E-state index in [0.717, 1.165) is 13.1 Å². The van der Waals surface area contributed by atoms with Crippen molar-refractivity contribution in [1.29, 1.82) is 0 Å². The molecule has 2 heteroatoms. The second-order valence-corrected chi connectivity index (χ2v) is 6.09. The standard InChI is InChI=1S/C18H26N2/c1-3-11-20(12-4-2)15-7-5-14-6-8-18-16(9-10-19-18)17(14)13-15/h3,6,8,15,19H,1,4-5,7,9-13H2,2H3. The largest absolute Gasteiger partial charge is 0.384 e.